The molecule has 0 radical (unpaired) electrons. The maximum absolute atomic E-state index is 2.49. The summed E-state index contributed by atoms with van der Waals surface area (Å²) >= 11 is 1.86. The van der Waals surface area contributed by atoms with Crippen LogP contribution < -0.4 is 4.90 Å². The third-order valence-corrected chi connectivity index (χ3v) is 13.5. The molecule has 0 N–H and O–H groups in total. The maximum Gasteiger partial charge on any atom is 0.0619 e. The van der Waals surface area contributed by atoms with Gasteiger partial charge in [0.25, 0.3) is 0 Å². The van der Waals surface area contributed by atoms with E-state index in [0.717, 1.165) is 28.3 Å². The van der Waals surface area contributed by atoms with E-state index in [1.165, 1.54) is 80.9 Å². The fraction of sp³-hybridized carbons (Fsp3) is 0. The van der Waals surface area contributed by atoms with Gasteiger partial charge in [0.1, 0.15) is 0 Å². The average Bonchev–Trinajstić information content (AvgIpc) is 3.91. The number of anilines is 3. The van der Waals surface area contributed by atoms with Crippen LogP contribution in [0.15, 0.2) is 243 Å². The summed E-state index contributed by atoms with van der Waals surface area (Å²) in [6.07, 6.45) is 0. The zero-order valence-corrected chi connectivity index (χ0v) is 35.2. The fourth-order valence-electron chi connectivity index (χ4n) is 9.63. The van der Waals surface area contributed by atoms with Crippen LogP contribution in [0.4, 0.5) is 17.1 Å². The molecule has 3 heteroatoms. The van der Waals surface area contributed by atoms with Gasteiger partial charge in [-0.3, -0.25) is 0 Å². The van der Waals surface area contributed by atoms with Gasteiger partial charge in [0.05, 0.1) is 16.7 Å². The molecule has 0 fully saturated rings. The predicted molar refractivity (Wildman–Crippen MR) is 270 cm³/mol. The third-order valence-electron chi connectivity index (χ3n) is 12.4. The average molecular weight is 821 g/mol. The molecule has 12 rings (SSSR count). The number of hydrogen-bond acceptors (Lipinski definition) is 2. The summed E-state index contributed by atoms with van der Waals surface area (Å²) in [5.74, 6) is 0. The summed E-state index contributed by atoms with van der Waals surface area (Å²) in [5, 5.41) is 5.05. The maximum atomic E-state index is 2.49. The molecule has 0 atom stereocenters. The topological polar surface area (TPSA) is 8.17 Å². The van der Waals surface area contributed by atoms with Crippen molar-refractivity contribution in [2.24, 2.45) is 0 Å². The number of rotatable bonds is 8. The van der Waals surface area contributed by atoms with Gasteiger partial charge in [0.15, 0.2) is 0 Å². The number of nitrogens with zero attached hydrogens (tertiary/aromatic N) is 2. The van der Waals surface area contributed by atoms with Crippen LogP contribution in [0.2, 0.25) is 0 Å². The van der Waals surface area contributed by atoms with Crippen LogP contribution in [0.1, 0.15) is 0 Å². The largest absolute Gasteiger partial charge is 0.310 e. The lowest BCUT2D eigenvalue weighted by atomic mass is 9.87. The molecular weight excluding hydrogens is 781 g/mol. The number of para-hydroxylation sites is 3. The second-order valence-corrected chi connectivity index (χ2v) is 17.1. The smallest absolute Gasteiger partial charge is 0.0619 e. The molecule has 0 unspecified atom stereocenters. The van der Waals surface area contributed by atoms with Gasteiger partial charge in [-0.15, -0.1) is 11.3 Å². The lowest BCUT2D eigenvalue weighted by molar-refractivity contribution is 1.18. The van der Waals surface area contributed by atoms with Crippen molar-refractivity contribution in [3.63, 3.8) is 0 Å². The van der Waals surface area contributed by atoms with E-state index in [2.05, 4.69) is 252 Å². The molecule has 0 saturated carbocycles. The first kappa shape index (κ1) is 36.8. The first-order valence-electron chi connectivity index (χ1n) is 21.5. The first-order valence-corrected chi connectivity index (χ1v) is 22.3. The minimum atomic E-state index is 1.08. The molecule has 12 aromatic rings. The van der Waals surface area contributed by atoms with E-state index >= 15 is 0 Å². The van der Waals surface area contributed by atoms with E-state index in [9.17, 15) is 0 Å². The normalized spacial score (nSPS) is 11.5. The zero-order valence-electron chi connectivity index (χ0n) is 34.4. The van der Waals surface area contributed by atoms with E-state index in [0.29, 0.717) is 0 Å². The van der Waals surface area contributed by atoms with Crippen LogP contribution in [0.25, 0.3) is 92.2 Å². The number of fused-ring (bicyclic) bond motifs is 6. The zero-order chi connectivity index (χ0) is 41.7. The Morgan fingerprint density at radius 1 is 0.333 bits per heavy atom. The van der Waals surface area contributed by atoms with Gasteiger partial charge < -0.3 is 9.47 Å². The monoisotopic (exact) mass is 820 g/mol. The lowest BCUT2D eigenvalue weighted by Gasteiger charge is -2.30. The molecule has 2 nitrogen and oxygen atoms in total. The Morgan fingerprint density at radius 3 is 1.70 bits per heavy atom. The van der Waals surface area contributed by atoms with Gasteiger partial charge in [-0.25, -0.2) is 0 Å². The Bertz CT molecular complexity index is 3620. The Morgan fingerprint density at radius 2 is 0.889 bits per heavy atom. The summed E-state index contributed by atoms with van der Waals surface area (Å²) in [6.45, 7) is 0. The molecule has 0 saturated heterocycles. The van der Waals surface area contributed by atoms with Crippen molar-refractivity contribution in [2.75, 3.05) is 4.90 Å². The number of thiophene rings is 1. The van der Waals surface area contributed by atoms with Crippen molar-refractivity contribution >= 4 is 70.4 Å². The van der Waals surface area contributed by atoms with E-state index in [-0.39, 0.29) is 0 Å². The minimum Gasteiger partial charge on any atom is -0.310 e. The highest BCUT2D eigenvalue weighted by Crippen LogP contribution is 2.50. The molecule has 0 spiro atoms. The van der Waals surface area contributed by atoms with Crippen LogP contribution in [0.3, 0.4) is 0 Å². The van der Waals surface area contributed by atoms with Crippen LogP contribution in [-0.2, 0) is 0 Å². The first-order chi connectivity index (χ1) is 31.3. The van der Waals surface area contributed by atoms with Crippen LogP contribution in [0, 0.1) is 0 Å². The standard InChI is InChI=1S/C60H40N2S/c1-4-19-41(20-5-1)47-27-10-11-30-53(47)59-48(42-21-6-2-7-22-42)31-18-35-56(59)61(46-37-38-52-51-29-13-15-36-57(51)63-58(52)40-46)45-26-16-23-43(39-45)49-32-17-33-54-50-28-12-14-34-55(50)62(60(49)54)44-24-8-3-9-25-44/h1-40H. The second kappa shape index (κ2) is 15.5. The van der Waals surface area contributed by atoms with Crippen molar-refractivity contribution in [1.29, 1.82) is 0 Å². The SMILES string of the molecule is c1ccc(-c2ccccc2-c2c(-c3ccccc3)cccc2N(c2cccc(-c3cccc4c5ccccc5n(-c5ccccc5)c34)c2)c2ccc3c(c2)sc2ccccc23)cc1. The quantitative estimate of drug-likeness (QED) is 0.148. The van der Waals surface area contributed by atoms with Gasteiger partial charge in [0.2, 0.25) is 0 Å². The summed E-state index contributed by atoms with van der Waals surface area (Å²) in [7, 11) is 0. The molecule has 0 aliphatic carbocycles. The number of benzene rings is 10. The van der Waals surface area contributed by atoms with E-state index in [4.69, 9.17) is 0 Å². The fourth-order valence-corrected chi connectivity index (χ4v) is 10.8. The molecule has 2 aromatic heterocycles. The third kappa shape index (κ3) is 6.33. The molecule has 0 aliphatic heterocycles. The summed E-state index contributed by atoms with van der Waals surface area (Å²) in [5.41, 5.74) is 16.2. The number of aromatic nitrogens is 1. The molecule has 10 aromatic carbocycles. The molecule has 63 heavy (non-hydrogen) atoms. The van der Waals surface area contributed by atoms with Gasteiger partial charge in [0, 0.05) is 59.1 Å². The van der Waals surface area contributed by atoms with Gasteiger partial charge in [-0.1, -0.05) is 188 Å². The molecule has 296 valence electrons. The highest BCUT2D eigenvalue weighted by atomic mass is 32.1. The highest BCUT2D eigenvalue weighted by Gasteiger charge is 2.24. The van der Waals surface area contributed by atoms with Crippen molar-refractivity contribution < 1.29 is 0 Å². The van der Waals surface area contributed by atoms with E-state index in [1.54, 1.807) is 0 Å². The van der Waals surface area contributed by atoms with Crippen molar-refractivity contribution in [2.45, 2.75) is 0 Å². The molecule has 2 heterocycles. The van der Waals surface area contributed by atoms with Crippen molar-refractivity contribution in [3.05, 3.63) is 243 Å². The van der Waals surface area contributed by atoms with E-state index in [1.807, 2.05) is 11.3 Å². The Labute approximate surface area is 370 Å². The molecule has 0 bridgehead atoms. The highest BCUT2D eigenvalue weighted by molar-refractivity contribution is 7.25. The number of hydrogen-bond donors (Lipinski definition) is 0. The Balaban J connectivity index is 1.14. The predicted octanol–water partition coefficient (Wildman–Crippen LogP) is 17.3. The van der Waals surface area contributed by atoms with Crippen molar-refractivity contribution in [3.8, 4) is 50.2 Å². The Hall–Kier alpha value is -7.98. The van der Waals surface area contributed by atoms with Crippen LogP contribution in [0.5, 0.6) is 0 Å². The molecule has 0 amide bonds. The minimum absolute atomic E-state index is 1.08. The van der Waals surface area contributed by atoms with E-state index < -0.39 is 0 Å². The lowest BCUT2D eigenvalue weighted by Crippen LogP contribution is -2.12. The van der Waals surface area contributed by atoms with Crippen LogP contribution in [-0.4, -0.2) is 4.57 Å². The van der Waals surface area contributed by atoms with Gasteiger partial charge in [-0.2, -0.15) is 0 Å². The molecule has 0 aliphatic rings. The van der Waals surface area contributed by atoms with Gasteiger partial charge in [-0.05, 0) is 88.0 Å². The summed E-state index contributed by atoms with van der Waals surface area (Å²) in [4.78, 5) is 2.49. The van der Waals surface area contributed by atoms with Crippen LogP contribution >= 0.6 is 11.3 Å². The van der Waals surface area contributed by atoms with Gasteiger partial charge >= 0.3 is 0 Å². The van der Waals surface area contributed by atoms with Crippen molar-refractivity contribution in [1.82, 2.24) is 4.57 Å². The second-order valence-electron chi connectivity index (χ2n) is 16.0. The molecular formula is C60H40N2S. The summed E-state index contributed by atoms with van der Waals surface area (Å²) < 4.78 is 4.99. The Kier molecular flexibility index (Phi) is 9.06. The summed E-state index contributed by atoms with van der Waals surface area (Å²) in [6, 6.07) is 88.5.